The molecule has 1 saturated carbocycles. The van der Waals surface area contributed by atoms with Crippen LogP contribution in [0.5, 0.6) is 0 Å². The Hall–Kier alpha value is -2.26. The summed E-state index contributed by atoms with van der Waals surface area (Å²) in [6.07, 6.45) is 0.938. The van der Waals surface area contributed by atoms with Gasteiger partial charge in [0.1, 0.15) is 0 Å². The lowest BCUT2D eigenvalue weighted by atomic mass is 10.2. The van der Waals surface area contributed by atoms with E-state index in [1.165, 1.54) is 24.3 Å². The molecular formula is C15H17N3O5S. The van der Waals surface area contributed by atoms with Crippen LogP contribution in [0.4, 0.5) is 0 Å². The zero-order valence-corrected chi connectivity index (χ0v) is 14.0. The minimum Gasteiger partial charge on any atom is -0.449 e. The standard InChI is InChI=1S/C15H17N3O5S/c1-9(14-17-16-10(2)23-14)22-15(19)11-4-3-5-13(8-11)24(20,21)18-12-6-7-12/h3-5,8-9,12,18H,6-7H2,1-2H3. The van der Waals surface area contributed by atoms with Crippen molar-refractivity contribution < 1.29 is 22.4 Å². The van der Waals surface area contributed by atoms with Crippen molar-refractivity contribution in [1.82, 2.24) is 14.9 Å². The van der Waals surface area contributed by atoms with E-state index in [1.54, 1.807) is 13.8 Å². The topological polar surface area (TPSA) is 111 Å². The molecular weight excluding hydrogens is 334 g/mol. The molecule has 1 aliphatic carbocycles. The summed E-state index contributed by atoms with van der Waals surface area (Å²) in [5.74, 6) is -0.117. The van der Waals surface area contributed by atoms with Gasteiger partial charge in [0.15, 0.2) is 6.10 Å². The molecule has 2 aromatic rings. The van der Waals surface area contributed by atoms with Crippen molar-refractivity contribution in [3.8, 4) is 0 Å². The van der Waals surface area contributed by atoms with Crippen LogP contribution >= 0.6 is 0 Å². The number of hydrogen-bond acceptors (Lipinski definition) is 7. The molecule has 0 amide bonds. The van der Waals surface area contributed by atoms with Crippen molar-refractivity contribution >= 4 is 16.0 Å². The summed E-state index contributed by atoms with van der Waals surface area (Å²) >= 11 is 0. The molecule has 0 bridgehead atoms. The molecule has 128 valence electrons. The van der Waals surface area contributed by atoms with E-state index in [9.17, 15) is 13.2 Å². The number of nitrogens with one attached hydrogen (secondary N) is 1. The average molecular weight is 351 g/mol. The van der Waals surface area contributed by atoms with Gasteiger partial charge in [-0.2, -0.15) is 0 Å². The molecule has 1 heterocycles. The van der Waals surface area contributed by atoms with Crippen LogP contribution < -0.4 is 4.72 Å². The first kappa shape index (κ1) is 16.6. The summed E-state index contributed by atoms with van der Waals surface area (Å²) < 4.78 is 37.4. The van der Waals surface area contributed by atoms with E-state index in [0.29, 0.717) is 5.89 Å². The molecule has 1 aromatic heterocycles. The van der Waals surface area contributed by atoms with E-state index in [4.69, 9.17) is 9.15 Å². The first-order chi connectivity index (χ1) is 11.3. The van der Waals surface area contributed by atoms with Crippen molar-refractivity contribution in [2.75, 3.05) is 0 Å². The molecule has 0 spiro atoms. The van der Waals surface area contributed by atoms with Gasteiger partial charge in [0.2, 0.25) is 15.9 Å². The third-order valence-corrected chi connectivity index (χ3v) is 4.97. The van der Waals surface area contributed by atoms with Gasteiger partial charge in [-0.1, -0.05) is 6.07 Å². The van der Waals surface area contributed by atoms with Gasteiger partial charge in [-0.05, 0) is 38.0 Å². The molecule has 3 rings (SSSR count). The molecule has 1 aromatic carbocycles. The number of rotatable bonds is 6. The third kappa shape index (κ3) is 3.80. The highest BCUT2D eigenvalue weighted by atomic mass is 32.2. The van der Waals surface area contributed by atoms with Crippen LogP contribution in [-0.4, -0.2) is 30.6 Å². The quantitative estimate of drug-likeness (QED) is 0.789. The van der Waals surface area contributed by atoms with Crippen LogP contribution in [0, 0.1) is 6.92 Å². The first-order valence-corrected chi connectivity index (χ1v) is 8.97. The fourth-order valence-corrected chi connectivity index (χ4v) is 3.38. The van der Waals surface area contributed by atoms with Gasteiger partial charge >= 0.3 is 5.97 Å². The first-order valence-electron chi connectivity index (χ1n) is 7.48. The molecule has 1 aliphatic rings. The zero-order valence-electron chi connectivity index (χ0n) is 13.2. The second kappa shape index (κ2) is 6.33. The zero-order chi connectivity index (χ0) is 17.3. The van der Waals surface area contributed by atoms with Gasteiger partial charge in [0, 0.05) is 13.0 Å². The summed E-state index contributed by atoms with van der Waals surface area (Å²) in [4.78, 5) is 12.3. The van der Waals surface area contributed by atoms with Crippen molar-refractivity contribution in [2.45, 2.75) is 43.7 Å². The maximum atomic E-state index is 12.2. The fourth-order valence-electron chi connectivity index (χ4n) is 2.03. The lowest BCUT2D eigenvalue weighted by molar-refractivity contribution is 0.0276. The summed E-state index contributed by atoms with van der Waals surface area (Å²) in [7, 11) is -3.63. The number of ether oxygens (including phenoxy) is 1. The Morgan fingerprint density at radius 1 is 1.38 bits per heavy atom. The van der Waals surface area contributed by atoms with E-state index < -0.39 is 22.1 Å². The van der Waals surface area contributed by atoms with Crippen LogP contribution in [0.3, 0.4) is 0 Å². The van der Waals surface area contributed by atoms with E-state index in [0.717, 1.165) is 12.8 Å². The number of hydrogen-bond donors (Lipinski definition) is 1. The van der Waals surface area contributed by atoms with Gasteiger partial charge in [0.05, 0.1) is 10.5 Å². The lowest BCUT2D eigenvalue weighted by Crippen LogP contribution is -2.26. The molecule has 0 aliphatic heterocycles. The van der Waals surface area contributed by atoms with Gasteiger partial charge in [0.25, 0.3) is 5.89 Å². The summed E-state index contributed by atoms with van der Waals surface area (Å²) in [5, 5.41) is 7.46. The summed E-state index contributed by atoms with van der Waals surface area (Å²) in [6.45, 7) is 3.23. The van der Waals surface area contributed by atoms with Crippen molar-refractivity contribution in [3.63, 3.8) is 0 Å². The fraction of sp³-hybridized carbons (Fsp3) is 0.400. The molecule has 0 radical (unpaired) electrons. The monoisotopic (exact) mass is 351 g/mol. The Labute approximate surface area is 139 Å². The number of aryl methyl sites for hydroxylation is 1. The predicted molar refractivity (Wildman–Crippen MR) is 82.7 cm³/mol. The van der Waals surface area contributed by atoms with Crippen LogP contribution in [-0.2, 0) is 14.8 Å². The minimum absolute atomic E-state index is 0.00797. The smallest absolute Gasteiger partial charge is 0.338 e. The SMILES string of the molecule is Cc1nnc(C(C)OC(=O)c2cccc(S(=O)(=O)NC3CC3)c2)o1. The number of esters is 1. The number of benzene rings is 1. The lowest BCUT2D eigenvalue weighted by Gasteiger charge is -2.10. The summed E-state index contributed by atoms with van der Waals surface area (Å²) in [6, 6.07) is 5.71. The largest absolute Gasteiger partial charge is 0.449 e. The van der Waals surface area contributed by atoms with Crippen molar-refractivity contribution in [3.05, 3.63) is 41.6 Å². The number of carbonyl (C=O) groups excluding carboxylic acids is 1. The highest BCUT2D eigenvalue weighted by Crippen LogP contribution is 2.23. The normalized spacial score (nSPS) is 15.9. The number of aromatic nitrogens is 2. The van der Waals surface area contributed by atoms with E-state index in [1.807, 2.05) is 0 Å². The Bertz CT molecular complexity index is 857. The molecule has 1 N–H and O–H groups in total. The molecule has 1 fully saturated rings. The molecule has 24 heavy (non-hydrogen) atoms. The molecule has 1 atom stereocenters. The average Bonchev–Trinajstić information content (AvgIpc) is 3.23. The minimum atomic E-state index is -3.63. The maximum Gasteiger partial charge on any atom is 0.338 e. The third-order valence-electron chi connectivity index (χ3n) is 3.45. The van der Waals surface area contributed by atoms with Crippen LogP contribution in [0.1, 0.15) is 48.0 Å². The molecule has 1 unspecified atom stereocenters. The van der Waals surface area contributed by atoms with Gasteiger partial charge in [-0.3, -0.25) is 0 Å². The highest BCUT2D eigenvalue weighted by Gasteiger charge is 2.28. The Morgan fingerprint density at radius 3 is 2.75 bits per heavy atom. The second-order valence-electron chi connectivity index (χ2n) is 5.63. The number of sulfonamides is 1. The van der Waals surface area contributed by atoms with E-state index in [-0.39, 0.29) is 22.4 Å². The Balaban J connectivity index is 1.74. The summed E-state index contributed by atoms with van der Waals surface area (Å²) in [5.41, 5.74) is 0.136. The van der Waals surface area contributed by atoms with Crippen LogP contribution in [0.25, 0.3) is 0 Å². The van der Waals surface area contributed by atoms with E-state index in [2.05, 4.69) is 14.9 Å². The molecule has 9 heteroatoms. The van der Waals surface area contributed by atoms with Gasteiger partial charge in [-0.25, -0.2) is 17.9 Å². The van der Waals surface area contributed by atoms with Gasteiger partial charge in [-0.15, -0.1) is 10.2 Å². The predicted octanol–water partition coefficient (Wildman–Crippen LogP) is 1.74. The van der Waals surface area contributed by atoms with Gasteiger partial charge < -0.3 is 9.15 Å². The van der Waals surface area contributed by atoms with Crippen molar-refractivity contribution in [1.29, 1.82) is 0 Å². The second-order valence-corrected chi connectivity index (χ2v) is 7.34. The van der Waals surface area contributed by atoms with Crippen molar-refractivity contribution in [2.24, 2.45) is 0 Å². The van der Waals surface area contributed by atoms with E-state index >= 15 is 0 Å². The maximum absolute atomic E-state index is 12.2. The Kier molecular flexibility index (Phi) is 4.37. The molecule has 0 saturated heterocycles. The van der Waals surface area contributed by atoms with Crippen LogP contribution in [0.2, 0.25) is 0 Å². The Morgan fingerprint density at radius 2 is 2.12 bits per heavy atom. The number of carbonyl (C=O) groups is 1. The highest BCUT2D eigenvalue weighted by molar-refractivity contribution is 7.89. The molecule has 8 nitrogen and oxygen atoms in total. The van der Waals surface area contributed by atoms with Crippen LogP contribution in [0.15, 0.2) is 33.6 Å². The number of nitrogens with zero attached hydrogens (tertiary/aromatic N) is 2.